The third-order valence-electron chi connectivity index (χ3n) is 2.19. The second kappa shape index (κ2) is 4.59. The van der Waals surface area contributed by atoms with Gasteiger partial charge in [0.15, 0.2) is 0 Å². The van der Waals surface area contributed by atoms with Crippen molar-refractivity contribution >= 4 is 11.3 Å². The summed E-state index contributed by atoms with van der Waals surface area (Å²) < 4.78 is 5.66. The van der Waals surface area contributed by atoms with Crippen molar-refractivity contribution in [2.75, 3.05) is 0 Å². The van der Waals surface area contributed by atoms with Crippen LogP contribution in [0.15, 0.2) is 18.2 Å². The molecule has 4 nitrogen and oxygen atoms in total. The minimum Gasteiger partial charge on any atom is -0.430 e. The van der Waals surface area contributed by atoms with Gasteiger partial charge >= 0.3 is 0 Å². The summed E-state index contributed by atoms with van der Waals surface area (Å²) in [7, 11) is 0. The van der Waals surface area contributed by atoms with Gasteiger partial charge in [0.2, 0.25) is 0 Å². The SMILES string of the molecule is Cc1nnc(Oc2cc(CN)ccc2C)s1. The molecule has 0 saturated heterocycles. The lowest BCUT2D eigenvalue weighted by molar-refractivity contribution is 0.469. The van der Waals surface area contributed by atoms with Crippen LogP contribution in [-0.4, -0.2) is 10.2 Å². The minimum absolute atomic E-state index is 0.506. The van der Waals surface area contributed by atoms with Crippen LogP contribution in [0.25, 0.3) is 0 Å². The van der Waals surface area contributed by atoms with Crippen LogP contribution in [-0.2, 0) is 6.54 Å². The minimum atomic E-state index is 0.506. The summed E-state index contributed by atoms with van der Waals surface area (Å²) in [6.07, 6.45) is 0. The highest BCUT2D eigenvalue weighted by Crippen LogP contribution is 2.27. The first-order valence-electron chi connectivity index (χ1n) is 4.96. The highest BCUT2D eigenvalue weighted by Gasteiger charge is 2.06. The zero-order valence-electron chi connectivity index (χ0n) is 9.23. The molecule has 0 aliphatic heterocycles. The van der Waals surface area contributed by atoms with E-state index in [9.17, 15) is 0 Å². The summed E-state index contributed by atoms with van der Waals surface area (Å²) >= 11 is 1.43. The standard InChI is InChI=1S/C11H13N3OS/c1-7-3-4-9(6-12)5-10(7)15-11-14-13-8(2)16-11/h3-5H,6,12H2,1-2H3. The summed E-state index contributed by atoms with van der Waals surface area (Å²) in [5.74, 6) is 0.791. The molecule has 0 aliphatic carbocycles. The molecule has 0 radical (unpaired) electrons. The van der Waals surface area contributed by atoms with Gasteiger partial charge in [-0.2, -0.15) is 0 Å². The molecule has 0 bridgehead atoms. The number of nitrogens with zero attached hydrogens (tertiary/aromatic N) is 2. The number of ether oxygens (including phenoxy) is 1. The fourth-order valence-corrected chi connectivity index (χ4v) is 1.84. The predicted molar refractivity (Wildman–Crippen MR) is 63.8 cm³/mol. The van der Waals surface area contributed by atoms with Crippen LogP contribution in [0.1, 0.15) is 16.1 Å². The number of aryl methyl sites for hydroxylation is 2. The zero-order chi connectivity index (χ0) is 11.5. The van der Waals surface area contributed by atoms with Crippen molar-refractivity contribution in [3.05, 3.63) is 34.3 Å². The van der Waals surface area contributed by atoms with Crippen LogP contribution in [0, 0.1) is 13.8 Å². The third kappa shape index (κ3) is 2.37. The molecule has 0 atom stereocenters. The molecule has 0 amide bonds. The van der Waals surface area contributed by atoms with Crippen molar-refractivity contribution in [1.29, 1.82) is 0 Å². The molecule has 0 fully saturated rings. The van der Waals surface area contributed by atoms with Crippen LogP contribution < -0.4 is 10.5 Å². The Morgan fingerprint density at radius 1 is 1.31 bits per heavy atom. The molecule has 0 spiro atoms. The molecule has 1 aromatic carbocycles. The first-order chi connectivity index (χ1) is 7.69. The highest BCUT2D eigenvalue weighted by atomic mass is 32.1. The predicted octanol–water partition coefficient (Wildman–Crippen LogP) is 2.41. The Kier molecular flexibility index (Phi) is 3.17. The van der Waals surface area contributed by atoms with Crippen LogP contribution >= 0.6 is 11.3 Å². The molecule has 2 rings (SSSR count). The summed E-state index contributed by atoms with van der Waals surface area (Å²) in [5.41, 5.74) is 7.69. The smallest absolute Gasteiger partial charge is 0.299 e. The Morgan fingerprint density at radius 3 is 2.75 bits per heavy atom. The van der Waals surface area contributed by atoms with Gasteiger partial charge in [-0.25, -0.2) is 0 Å². The topological polar surface area (TPSA) is 61.0 Å². The fraction of sp³-hybridized carbons (Fsp3) is 0.273. The molecule has 1 heterocycles. The number of nitrogens with two attached hydrogens (primary N) is 1. The quantitative estimate of drug-likeness (QED) is 0.887. The maximum atomic E-state index is 5.66. The maximum Gasteiger partial charge on any atom is 0.299 e. The van der Waals surface area contributed by atoms with Gasteiger partial charge in [0.05, 0.1) is 0 Å². The van der Waals surface area contributed by atoms with Crippen LogP contribution in [0.3, 0.4) is 0 Å². The van der Waals surface area contributed by atoms with Gasteiger partial charge in [0.25, 0.3) is 5.19 Å². The van der Waals surface area contributed by atoms with E-state index in [-0.39, 0.29) is 0 Å². The number of hydrogen-bond donors (Lipinski definition) is 1. The van der Waals surface area contributed by atoms with Crippen molar-refractivity contribution in [2.24, 2.45) is 5.73 Å². The van der Waals surface area contributed by atoms with Crippen LogP contribution in [0.4, 0.5) is 0 Å². The van der Waals surface area contributed by atoms with E-state index in [1.54, 1.807) is 0 Å². The van der Waals surface area contributed by atoms with Crippen molar-refractivity contribution in [2.45, 2.75) is 20.4 Å². The molecule has 1 aromatic heterocycles. The van der Waals surface area contributed by atoms with E-state index in [1.165, 1.54) is 11.3 Å². The van der Waals surface area contributed by atoms with E-state index in [2.05, 4.69) is 10.2 Å². The molecule has 5 heteroatoms. The monoisotopic (exact) mass is 235 g/mol. The lowest BCUT2D eigenvalue weighted by Crippen LogP contribution is -1.97. The summed E-state index contributed by atoms with van der Waals surface area (Å²) in [6.45, 7) is 4.39. The lowest BCUT2D eigenvalue weighted by atomic mass is 10.1. The van der Waals surface area contributed by atoms with Crippen molar-refractivity contribution < 1.29 is 4.74 Å². The normalized spacial score (nSPS) is 10.4. The van der Waals surface area contributed by atoms with Gasteiger partial charge in [0.1, 0.15) is 10.8 Å². The van der Waals surface area contributed by atoms with Crippen LogP contribution in [0.5, 0.6) is 10.9 Å². The number of hydrogen-bond acceptors (Lipinski definition) is 5. The average molecular weight is 235 g/mol. The first kappa shape index (κ1) is 11.0. The fourth-order valence-electron chi connectivity index (χ4n) is 1.30. The van der Waals surface area contributed by atoms with Gasteiger partial charge in [-0.1, -0.05) is 28.6 Å². The Hall–Kier alpha value is -1.46. The molecular weight excluding hydrogens is 222 g/mol. The van der Waals surface area contributed by atoms with Gasteiger partial charge in [-0.05, 0) is 31.0 Å². The molecule has 0 unspecified atom stereocenters. The van der Waals surface area contributed by atoms with Gasteiger partial charge in [0, 0.05) is 6.54 Å². The second-order valence-electron chi connectivity index (χ2n) is 3.49. The molecule has 16 heavy (non-hydrogen) atoms. The van der Waals surface area contributed by atoms with Crippen LogP contribution in [0.2, 0.25) is 0 Å². The average Bonchev–Trinajstić information content (AvgIpc) is 2.67. The van der Waals surface area contributed by atoms with Crippen molar-refractivity contribution in [3.8, 4) is 10.9 Å². The van der Waals surface area contributed by atoms with E-state index in [1.807, 2.05) is 32.0 Å². The van der Waals surface area contributed by atoms with E-state index in [0.717, 1.165) is 21.9 Å². The third-order valence-corrected chi connectivity index (χ3v) is 2.91. The van der Waals surface area contributed by atoms with Crippen molar-refractivity contribution in [1.82, 2.24) is 10.2 Å². The Bertz CT molecular complexity index is 496. The highest BCUT2D eigenvalue weighted by molar-refractivity contribution is 7.13. The second-order valence-corrected chi connectivity index (χ2v) is 4.64. The Morgan fingerprint density at radius 2 is 2.12 bits per heavy atom. The van der Waals surface area contributed by atoms with E-state index < -0.39 is 0 Å². The Labute approximate surface area is 98.1 Å². The van der Waals surface area contributed by atoms with Gasteiger partial charge < -0.3 is 10.5 Å². The first-order valence-corrected chi connectivity index (χ1v) is 5.78. The molecule has 0 aliphatic rings. The summed E-state index contributed by atoms with van der Waals surface area (Å²) in [5, 5.41) is 9.28. The Balaban J connectivity index is 2.26. The number of rotatable bonds is 3. The van der Waals surface area contributed by atoms with Gasteiger partial charge in [-0.3, -0.25) is 0 Å². The summed E-state index contributed by atoms with van der Waals surface area (Å²) in [6, 6.07) is 5.92. The van der Waals surface area contributed by atoms with E-state index >= 15 is 0 Å². The van der Waals surface area contributed by atoms with E-state index in [0.29, 0.717) is 11.7 Å². The largest absolute Gasteiger partial charge is 0.430 e. The van der Waals surface area contributed by atoms with E-state index in [4.69, 9.17) is 10.5 Å². The number of aromatic nitrogens is 2. The molecular formula is C11H13N3OS. The molecule has 84 valence electrons. The maximum absolute atomic E-state index is 5.66. The lowest BCUT2D eigenvalue weighted by Gasteiger charge is -2.06. The van der Waals surface area contributed by atoms with Gasteiger partial charge in [-0.15, -0.1) is 5.10 Å². The number of benzene rings is 1. The molecule has 2 aromatic rings. The molecule has 2 N–H and O–H groups in total. The van der Waals surface area contributed by atoms with Crippen molar-refractivity contribution in [3.63, 3.8) is 0 Å². The zero-order valence-corrected chi connectivity index (χ0v) is 10.0. The summed E-state index contributed by atoms with van der Waals surface area (Å²) in [4.78, 5) is 0. The molecule has 0 saturated carbocycles.